The zero-order valence-corrected chi connectivity index (χ0v) is 9.27. The van der Waals surface area contributed by atoms with Crippen LogP contribution in [0.1, 0.15) is 20.3 Å². The van der Waals surface area contributed by atoms with Gasteiger partial charge in [0.05, 0.1) is 12.7 Å². The lowest BCUT2D eigenvalue weighted by Gasteiger charge is -2.30. The summed E-state index contributed by atoms with van der Waals surface area (Å²) in [6.45, 7) is 5.28. The van der Waals surface area contributed by atoms with Gasteiger partial charge in [-0.3, -0.25) is 11.3 Å². The molecule has 4 heteroatoms. The zero-order chi connectivity index (χ0) is 9.68. The van der Waals surface area contributed by atoms with Gasteiger partial charge in [0, 0.05) is 17.5 Å². The van der Waals surface area contributed by atoms with Crippen molar-refractivity contribution in [2.45, 2.75) is 32.4 Å². The molecule has 0 spiro atoms. The van der Waals surface area contributed by atoms with Crippen LogP contribution in [0.4, 0.5) is 0 Å². The van der Waals surface area contributed by atoms with Crippen LogP contribution >= 0.6 is 11.8 Å². The molecule has 1 fully saturated rings. The quantitative estimate of drug-likeness (QED) is 0.530. The van der Waals surface area contributed by atoms with Crippen molar-refractivity contribution < 1.29 is 4.74 Å². The number of nitrogens with one attached hydrogen (secondary N) is 1. The van der Waals surface area contributed by atoms with E-state index in [-0.39, 0.29) is 0 Å². The van der Waals surface area contributed by atoms with Gasteiger partial charge >= 0.3 is 0 Å². The first-order valence-electron chi connectivity index (χ1n) is 4.89. The van der Waals surface area contributed by atoms with Gasteiger partial charge in [-0.2, -0.15) is 11.8 Å². The molecule has 1 aliphatic heterocycles. The third kappa shape index (κ3) is 3.85. The van der Waals surface area contributed by atoms with Gasteiger partial charge in [-0.25, -0.2) is 0 Å². The smallest absolute Gasteiger partial charge is 0.0832 e. The van der Waals surface area contributed by atoms with Crippen molar-refractivity contribution in [2.75, 3.05) is 18.1 Å². The summed E-state index contributed by atoms with van der Waals surface area (Å²) in [4.78, 5) is 0. The van der Waals surface area contributed by atoms with Crippen molar-refractivity contribution in [3.05, 3.63) is 0 Å². The van der Waals surface area contributed by atoms with Gasteiger partial charge in [0.1, 0.15) is 0 Å². The number of hydrogen-bond donors (Lipinski definition) is 2. The molecule has 0 aromatic carbocycles. The molecule has 0 aromatic rings. The van der Waals surface area contributed by atoms with Gasteiger partial charge in [0.2, 0.25) is 0 Å². The van der Waals surface area contributed by atoms with E-state index in [1.54, 1.807) is 0 Å². The van der Waals surface area contributed by atoms with Gasteiger partial charge in [-0.05, 0) is 12.3 Å². The Kier molecular flexibility index (Phi) is 5.09. The highest BCUT2D eigenvalue weighted by Gasteiger charge is 2.24. The fourth-order valence-corrected chi connectivity index (χ4v) is 2.51. The van der Waals surface area contributed by atoms with Crippen LogP contribution in [0.15, 0.2) is 0 Å². The van der Waals surface area contributed by atoms with Crippen LogP contribution < -0.4 is 11.3 Å². The van der Waals surface area contributed by atoms with E-state index in [9.17, 15) is 0 Å². The lowest BCUT2D eigenvalue weighted by molar-refractivity contribution is 0.0414. The largest absolute Gasteiger partial charge is 0.375 e. The normalized spacial score (nSPS) is 26.3. The van der Waals surface area contributed by atoms with Crippen molar-refractivity contribution in [1.29, 1.82) is 0 Å². The average Bonchev–Trinajstić information content (AvgIpc) is 2.15. The highest BCUT2D eigenvalue weighted by atomic mass is 32.2. The molecule has 0 aromatic heterocycles. The monoisotopic (exact) mass is 204 g/mol. The zero-order valence-electron chi connectivity index (χ0n) is 8.45. The molecule has 2 unspecified atom stereocenters. The maximum Gasteiger partial charge on any atom is 0.0832 e. The molecule has 0 saturated carbocycles. The number of ether oxygens (including phenoxy) is 1. The first-order valence-corrected chi connectivity index (χ1v) is 6.05. The van der Waals surface area contributed by atoms with Crippen LogP contribution in [0.5, 0.6) is 0 Å². The van der Waals surface area contributed by atoms with Crippen LogP contribution in [0.3, 0.4) is 0 Å². The number of thioether (sulfide) groups is 1. The maximum atomic E-state index is 5.67. The van der Waals surface area contributed by atoms with Crippen LogP contribution in [0, 0.1) is 5.92 Å². The van der Waals surface area contributed by atoms with Gasteiger partial charge < -0.3 is 4.74 Å². The summed E-state index contributed by atoms with van der Waals surface area (Å²) < 4.78 is 5.67. The first-order chi connectivity index (χ1) is 6.24. The second kappa shape index (κ2) is 5.86. The number of nitrogens with two attached hydrogens (primary N) is 1. The average molecular weight is 204 g/mol. The van der Waals surface area contributed by atoms with Crippen molar-refractivity contribution in [3.63, 3.8) is 0 Å². The standard InChI is InChI=1S/C9H20N2OS/c1-7(2)5-8(11-10)9-6-13-4-3-12-9/h7-9,11H,3-6,10H2,1-2H3. The summed E-state index contributed by atoms with van der Waals surface area (Å²) in [6.07, 6.45) is 1.38. The predicted molar refractivity (Wildman–Crippen MR) is 57.6 cm³/mol. The van der Waals surface area contributed by atoms with E-state index >= 15 is 0 Å². The highest BCUT2D eigenvalue weighted by molar-refractivity contribution is 7.99. The summed E-state index contributed by atoms with van der Waals surface area (Å²) in [5, 5.41) is 0. The first kappa shape index (κ1) is 11.3. The fourth-order valence-electron chi connectivity index (χ4n) is 1.57. The minimum absolute atomic E-state index is 0.297. The molecule has 0 radical (unpaired) electrons. The Morgan fingerprint density at radius 1 is 1.62 bits per heavy atom. The molecule has 0 bridgehead atoms. The summed E-state index contributed by atoms with van der Waals surface area (Å²) in [6, 6.07) is 0.313. The summed E-state index contributed by atoms with van der Waals surface area (Å²) in [7, 11) is 0. The Morgan fingerprint density at radius 3 is 2.85 bits per heavy atom. The van der Waals surface area contributed by atoms with Crippen molar-refractivity contribution in [1.82, 2.24) is 5.43 Å². The van der Waals surface area contributed by atoms with Crippen LogP contribution in [-0.2, 0) is 4.74 Å². The number of rotatable bonds is 4. The number of hydrazine groups is 1. The molecule has 2 atom stereocenters. The lowest BCUT2D eigenvalue weighted by atomic mass is 10.0. The van der Waals surface area contributed by atoms with E-state index in [2.05, 4.69) is 19.3 Å². The van der Waals surface area contributed by atoms with Crippen LogP contribution in [0.25, 0.3) is 0 Å². The summed E-state index contributed by atoms with van der Waals surface area (Å²) in [5.74, 6) is 8.37. The molecule has 3 N–H and O–H groups in total. The maximum absolute atomic E-state index is 5.67. The second-order valence-electron chi connectivity index (χ2n) is 3.89. The predicted octanol–water partition coefficient (Wildman–Crippen LogP) is 0.996. The third-order valence-corrected chi connectivity index (χ3v) is 3.25. The van der Waals surface area contributed by atoms with Crippen LogP contribution in [-0.4, -0.2) is 30.3 Å². The lowest BCUT2D eigenvalue weighted by Crippen LogP contribution is -2.48. The van der Waals surface area contributed by atoms with E-state index in [0.29, 0.717) is 18.1 Å². The van der Waals surface area contributed by atoms with Gasteiger partial charge in [-0.1, -0.05) is 13.8 Å². The van der Waals surface area contributed by atoms with E-state index in [1.807, 2.05) is 11.8 Å². The Balaban J connectivity index is 2.34. The molecular formula is C9H20N2OS. The molecular weight excluding hydrogens is 184 g/mol. The van der Waals surface area contributed by atoms with E-state index in [4.69, 9.17) is 10.6 Å². The molecule has 13 heavy (non-hydrogen) atoms. The fraction of sp³-hybridized carbons (Fsp3) is 1.00. The summed E-state index contributed by atoms with van der Waals surface area (Å²) >= 11 is 1.95. The molecule has 1 aliphatic rings. The molecule has 1 heterocycles. The highest BCUT2D eigenvalue weighted by Crippen LogP contribution is 2.18. The topological polar surface area (TPSA) is 47.3 Å². The van der Waals surface area contributed by atoms with Crippen LogP contribution in [0.2, 0.25) is 0 Å². The van der Waals surface area contributed by atoms with Crippen molar-refractivity contribution >= 4 is 11.8 Å². The molecule has 3 nitrogen and oxygen atoms in total. The molecule has 1 saturated heterocycles. The van der Waals surface area contributed by atoms with Crippen molar-refractivity contribution in [2.24, 2.45) is 11.8 Å². The van der Waals surface area contributed by atoms with E-state index in [1.165, 1.54) is 0 Å². The van der Waals surface area contributed by atoms with Gasteiger partial charge in [-0.15, -0.1) is 0 Å². The minimum atomic E-state index is 0.297. The van der Waals surface area contributed by atoms with Gasteiger partial charge in [0.15, 0.2) is 0 Å². The Labute approximate surface area is 84.7 Å². The minimum Gasteiger partial charge on any atom is -0.375 e. The van der Waals surface area contributed by atoms with Gasteiger partial charge in [0.25, 0.3) is 0 Å². The number of hydrogen-bond acceptors (Lipinski definition) is 4. The Morgan fingerprint density at radius 2 is 2.38 bits per heavy atom. The Bertz CT molecular complexity index is 138. The SMILES string of the molecule is CC(C)CC(NN)C1CSCCO1. The molecule has 78 valence electrons. The van der Waals surface area contributed by atoms with Crippen molar-refractivity contribution in [3.8, 4) is 0 Å². The van der Waals surface area contributed by atoms with E-state index in [0.717, 1.165) is 24.5 Å². The third-order valence-electron chi connectivity index (χ3n) is 2.23. The summed E-state index contributed by atoms with van der Waals surface area (Å²) in [5.41, 5.74) is 2.86. The molecule has 1 rings (SSSR count). The molecule has 0 amide bonds. The molecule has 0 aliphatic carbocycles. The van der Waals surface area contributed by atoms with E-state index < -0.39 is 0 Å². The Hall–Kier alpha value is 0.230. The second-order valence-corrected chi connectivity index (χ2v) is 5.04.